The standard InChI is InChI=1S/C22H23N5O3/c1-14-5-6-15(9-16(14)10-23)21-25-20(26-30-21)18-3-2-4-19-17(18)7-8-27(19)11-22(24,12-28)13-29/h2-6,9,28-29H,7-8,11-13,24H2,1H3. The van der Waals surface area contributed by atoms with Crippen LogP contribution in [-0.4, -0.2) is 52.2 Å². The van der Waals surface area contributed by atoms with Crippen molar-refractivity contribution < 1.29 is 14.7 Å². The molecule has 154 valence electrons. The quantitative estimate of drug-likeness (QED) is 0.564. The van der Waals surface area contributed by atoms with Crippen molar-refractivity contribution in [2.45, 2.75) is 18.9 Å². The number of hydrogen-bond acceptors (Lipinski definition) is 8. The predicted molar refractivity (Wildman–Crippen MR) is 112 cm³/mol. The van der Waals surface area contributed by atoms with Crippen molar-refractivity contribution in [2.75, 3.05) is 31.2 Å². The maximum Gasteiger partial charge on any atom is 0.258 e. The minimum Gasteiger partial charge on any atom is -0.394 e. The van der Waals surface area contributed by atoms with Gasteiger partial charge < -0.3 is 25.4 Å². The monoisotopic (exact) mass is 405 g/mol. The number of nitriles is 1. The molecule has 0 unspecified atom stereocenters. The number of anilines is 1. The SMILES string of the molecule is Cc1ccc(-c2nc(-c3cccc4c3CCN4CC(N)(CO)CO)no2)cc1C#N. The maximum atomic E-state index is 9.53. The molecule has 1 aliphatic heterocycles. The number of aromatic nitrogens is 2. The van der Waals surface area contributed by atoms with Gasteiger partial charge in [-0.2, -0.15) is 10.2 Å². The summed E-state index contributed by atoms with van der Waals surface area (Å²) in [5.74, 6) is 0.835. The lowest BCUT2D eigenvalue weighted by Crippen LogP contribution is -2.55. The highest BCUT2D eigenvalue weighted by molar-refractivity contribution is 5.74. The van der Waals surface area contributed by atoms with Gasteiger partial charge in [0.1, 0.15) is 0 Å². The second kappa shape index (κ2) is 7.88. The van der Waals surface area contributed by atoms with E-state index in [0.717, 1.165) is 35.3 Å². The molecule has 4 N–H and O–H groups in total. The average Bonchev–Trinajstić information content (AvgIpc) is 3.42. The fourth-order valence-corrected chi connectivity index (χ4v) is 3.73. The molecule has 1 aromatic heterocycles. The van der Waals surface area contributed by atoms with Crippen LogP contribution in [0.1, 0.15) is 16.7 Å². The smallest absolute Gasteiger partial charge is 0.258 e. The molecule has 0 spiro atoms. The number of benzene rings is 2. The Morgan fingerprint density at radius 1 is 1.27 bits per heavy atom. The Bertz CT molecular complexity index is 1110. The summed E-state index contributed by atoms with van der Waals surface area (Å²) in [4.78, 5) is 6.62. The van der Waals surface area contributed by atoms with Crippen molar-refractivity contribution in [1.82, 2.24) is 10.1 Å². The van der Waals surface area contributed by atoms with Crippen LogP contribution in [0.25, 0.3) is 22.8 Å². The molecule has 0 aliphatic carbocycles. The van der Waals surface area contributed by atoms with Gasteiger partial charge in [0.05, 0.1) is 30.4 Å². The number of hydrogen-bond donors (Lipinski definition) is 3. The Kier molecular flexibility index (Phi) is 5.26. The third-order valence-electron chi connectivity index (χ3n) is 5.53. The molecule has 3 aromatic rings. The number of nitrogens with zero attached hydrogens (tertiary/aromatic N) is 4. The summed E-state index contributed by atoms with van der Waals surface area (Å²) in [6.07, 6.45) is 0.769. The Hall–Kier alpha value is -3.25. The zero-order chi connectivity index (χ0) is 21.3. The van der Waals surface area contributed by atoms with Gasteiger partial charge in [-0.15, -0.1) is 0 Å². The first-order chi connectivity index (χ1) is 14.5. The highest BCUT2D eigenvalue weighted by atomic mass is 16.5. The van der Waals surface area contributed by atoms with E-state index < -0.39 is 5.54 Å². The van der Waals surface area contributed by atoms with Gasteiger partial charge in [-0.1, -0.05) is 23.4 Å². The van der Waals surface area contributed by atoms with Gasteiger partial charge in [-0.25, -0.2) is 0 Å². The Labute approximate surface area is 174 Å². The molecule has 8 nitrogen and oxygen atoms in total. The van der Waals surface area contributed by atoms with E-state index in [-0.39, 0.29) is 13.2 Å². The van der Waals surface area contributed by atoms with E-state index in [1.165, 1.54) is 0 Å². The molecule has 8 heteroatoms. The molecule has 1 aliphatic rings. The minimum absolute atomic E-state index is 0.301. The summed E-state index contributed by atoms with van der Waals surface area (Å²) in [7, 11) is 0. The lowest BCUT2D eigenvalue weighted by atomic mass is 10.0. The van der Waals surface area contributed by atoms with E-state index in [1.807, 2.05) is 37.3 Å². The van der Waals surface area contributed by atoms with Crippen molar-refractivity contribution in [3.63, 3.8) is 0 Å². The molecule has 0 saturated carbocycles. The Morgan fingerprint density at radius 3 is 2.80 bits per heavy atom. The van der Waals surface area contributed by atoms with E-state index in [2.05, 4.69) is 21.1 Å². The van der Waals surface area contributed by atoms with E-state index >= 15 is 0 Å². The average molecular weight is 405 g/mol. The van der Waals surface area contributed by atoms with Crippen molar-refractivity contribution in [3.8, 4) is 28.9 Å². The predicted octanol–water partition coefficient (Wildman–Crippen LogP) is 1.63. The second-order valence-electron chi connectivity index (χ2n) is 7.72. The summed E-state index contributed by atoms with van der Waals surface area (Å²) in [6.45, 7) is 2.34. The van der Waals surface area contributed by atoms with Crippen LogP contribution in [0.4, 0.5) is 5.69 Å². The number of rotatable bonds is 6. The number of aliphatic hydroxyl groups excluding tert-OH is 2. The minimum atomic E-state index is -1.07. The lowest BCUT2D eigenvalue weighted by Gasteiger charge is -2.31. The van der Waals surface area contributed by atoms with Gasteiger partial charge in [0.2, 0.25) is 5.82 Å². The van der Waals surface area contributed by atoms with Gasteiger partial charge in [-0.05, 0) is 42.7 Å². The number of nitrogens with two attached hydrogens (primary N) is 1. The molecule has 0 atom stereocenters. The molecule has 0 fully saturated rings. The first-order valence-corrected chi connectivity index (χ1v) is 9.70. The lowest BCUT2D eigenvalue weighted by molar-refractivity contribution is 0.125. The van der Waals surface area contributed by atoms with Crippen LogP contribution in [0.15, 0.2) is 40.9 Å². The van der Waals surface area contributed by atoms with Crippen LogP contribution in [0.3, 0.4) is 0 Å². The molecule has 0 bridgehead atoms. The first-order valence-electron chi connectivity index (χ1n) is 9.70. The number of fused-ring (bicyclic) bond motifs is 1. The van der Waals surface area contributed by atoms with E-state index in [1.54, 1.807) is 6.07 Å². The van der Waals surface area contributed by atoms with Gasteiger partial charge >= 0.3 is 0 Å². The van der Waals surface area contributed by atoms with E-state index in [0.29, 0.717) is 29.4 Å². The summed E-state index contributed by atoms with van der Waals surface area (Å²) < 4.78 is 5.48. The third-order valence-corrected chi connectivity index (χ3v) is 5.53. The third kappa shape index (κ3) is 3.55. The van der Waals surface area contributed by atoms with Gasteiger partial charge in [0.15, 0.2) is 0 Å². The summed E-state index contributed by atoms with van der Waals surface area (Å²) >= 11 is 0. The van der Waals surface area contributed by atoms with Crippen molar-refractivity contribution in [3.05, 3.63) is 53.1 Å². The molecular formula is C22H23N5O3. The van der Waals surface area contributed by atoms with Crippen molar-refractivity contribution in [2.24, 2.45) is 5.73 Å². The van der Waals surface area contributed by atoms with E-state index in [4.69, 9.17) is 10.3 Å². The van der Waals surface area contributed by atoms with Crippen molar-refractivity contribution in [1.29, 1.82) is 5.26 Å². The van der Waals surface area contributed by atoms with Crippen LogP contribution >= 0.6 is 0 Å². The Morgan fingerprint density at radius 2 is 2.07 bits per heavy atom. The van der Waals surface area contributed by atoms with Gasteiger partial charge in [-0.3, -0.25) is 0 Å². The summed E-state index contributed by atoms with van der Waals surface area (Å²) in [5, 5.41) is 32.5. The summed E-state index contributed by atoms with van der Waals surface area (Å²) in [6, 6.07) is 13.5. The Balaban J connectivity index is 1.66. The zero-order valence-electron chi connectivity index (χ0n) is 16.7. The van der Waals surface area contributed by atoms with Crippen LogP contribution in [0.5, 0.6) is 0 Å². The van der Waals surface area contributed by atoms with Crippen LogP contribution in [0, 0.1) is 18.3 Å². The van der Waals surface area contributed by atoms with E-state index in [9.17, 15) is 15.5 Å². The van der Waals surface area contributed by atoms with Gasteiger partial charge in [0, 0.05) is 29.9 Å². The van der Waals surface area contributed by atoms with Crippen LogP contribution < -0.4 is 10.6 Å². The van der Waals surface area contributed by atoms with Crippen LogP contribution in [0.2, 0.25) is 0 Å². The molecule has 30 heavy (non-hydrogen) atoms. The normalized spacial score (nSPS) is 13.4. The molecule has 2 heterocycles. The van der Waals surface area contributed by atoms with Crippen molar-refractivity contribution >= 4 is 5.69 Å². The zero-order valence-corrected chi connectivity index (χ0v) is 16.7. The number of aliphatic hydroxyl groups is 2. The van der Waals surface area contributed by atoms with Gasteiger partial charge in [0.25, 0.3) is 5.89 Å². The maximum absolute atomic E-state index is 9.53. The summed E-state index contributed by atoms with van der Waals surface area (Å²) in [5.41, 5.74) is 10.1. The molecule has 0 amide bonds. The largest absolute Gasteiger partial charge is 0.394 e. The highest BCUT2D eigenvalue weighted by Crippen LogP contribution is 2.36. The highest BCUT2D eigenvalue weighted by Gasteiger charge is 2.31. The molecule has 4 rings (SSSR count). The molecular weight excluding hydrogens is 382 g/mol. The molecule has 0 saturated heterocycles. The second-order valence-corrected chi connectivity index (χ2v) is 7.72. The number of aryl methyl sites for hydroxylation is 1. The molecule has 0 radical (unpaired) electrons. The fraction of sp³-hybridized carbons (Fsp3) is 0.318. The topological polar surface area (TPSA) is 132 Å². The first kappa shape index (κ1) is 20.0. The molecule has 2 aromatic carbocycles. The fourth-order valence-electron chi connectivity index (χ4n) is 3.73. The van der Waals surface area contributed by atoms with Crippen LogP contribution in [-0.2, 0) is 6.42 Å².